The molecule has 2 amide bonds. The van der Waals surface area contributed by atoms with Gasteiger partial charge in [0.1, 0.15) is 152 Å². The summed E-state index contributed by atoms with van der Waals surface area (Å²) in [6, 6.07) is -6.82. The molecule has 43 N–H and O–H groups in total. The van der Waals surface area contributed by atoms with Gasteiger partial charge < -0.3 is 209 Å². The molecule has 6 saturated heterocycles. The second-order valence-electron chi connectivity index (χ2n) is 29.5. The number of amides is 2. The minimum atomic E-state index is -1.86. The van der Waals surface area contributed by atoms with Gasteiger partial charge in [-0.1, -0.05) is 10.4 Å². The molecule has 112 heavy (non-hydrogen) atoms. The molecule has 0 radical (unpaired) electrons. The zero-order valence-corrected chi connectivity index (χ0v) is 60.6. The van der Waals surface area contributed by atoms with E-state index in [0.717, 1.165) is 0 Å². The predicted octanol–water partition coefficient (Wildman–Crippen LogP) is -17.9. The Kier molecular flexibility index (Phi) is 29.0. The third kappa shape index (κ3) is 18.8. The summed E-state index contributed by atoms with van der Waals surface area (Å²) in [5, 5.41) is 155. The Morgan fingerprint density at radius 3 is 1.10 bits per heavy atom. The molecular formula is C63H109N23O26. The fraction of sp³-hybridized carbons (Fsp3) is 0.794. The van der Waals surface area contributed by atoms with Crippen molar-refractivity contribution in [1.82, 2.24) is 35.3 Å². The van der Waals surface area contributed by atoms with Crippen LogP contribution in [0.3, 0.4) is 0 Å². The first-order chi connectivity index (χ1) is 53.1. The van der Waals surface area contributed by atoms with Crippen LogP contribution < -0.4 is 91.3 Å². The zero-order chi connectivity index (χ0) is 81.3. The Labute approximate surface area is 638 Å². The first-order valence-corrected chi connectivity index (χ1v) is 36.6. The number of hydrogen-bond donors (Lipinski definition) is 28. The summed E-state index contributed by atoms with van der Waals surface area (Å²) in [5.74, 6) is -1.96. The maximum absolute atomic E-state index is 14.6. The lowest BCUT2D eigenvalue weighted by molar-refractivity contribution is -0.306. The highest BCUT2D eigenvalue weighted by Crippen LogP contribution is 2.39. The number of rotatable bonds is 29. The van der Waals surface area contributed by atoms with Gasteiger partial charge in [0.15, 0.2) is 43.7 Å². The van der Waals surface area contributed by atoms with Gasteiger partial charge in [0.25, 0.3) is 5.91 Å². The molecule has 49 nitrogen and oxygen atoms in total. The summed E-state index contributed by atoms with van der Waals surface area (Å²) in [6.45, 7) is -1.87. The highest BCUT2D eigenvalue weighted by Gasteiger charge is 2.58. The molecule has 0 bridgehead atoms. The maximum Gasteiger partial charge on any atom is 0.251 e. The summed E-state index contributed by atoms with van der Waals surface area (Å²) in [5.41, 5.74) is 91.9. The number of ether oxygens (including phenoxy) is 12. The van der Waals surface area contributed by atoms with Gasteiger partial charge in [-0.3, -0.25) is 14.6 Å². The number of guanidine groups is 1. The van der Waals surface area contributed by atoms with E-state index in [1.54, 1.807) is 0 Å². The van der Waals surface area contributed by atoms with Gasteiger partial charge in [0.2, 0.25) is 5.91 Å². The fourth-order valence-electron chi connectivity index (χ4n) is 15.0. The van der Waals surface area contributed by atoms with Crippen molar-refractivity contribution >= 4 is 17.8 Å². The molecule has 11 rings (SSSR count). The molecule has 632 valence electrons. The van der Waals surface area contributed by atoms with E-state index in [1.807, 2.05) is 0 Å². The molecule has 39 atom stereocenters. The predicted molar refractivity (Wildman–Crippen MR) is 377 cm³/mol. The van der Waals surface area contributed by atoms with Crippen molar-refractivity contribution in [2.24, 2.45) is 91.0 Å². The van der Waals surface area contributed by atoms with Crippen molar-refractivity contribution in [1.29, 1.82) is 0 Å². The number of aliphatic imine (C=N–C) groups is 1. The molecular weight excluding hydrogens is 1490 g/mol. The van der Waals surface area contributed by atoms with Crippen LogP contribution in [0.2, 0.25) is 0 Å². The summed E-state index contributed by atoms with van der Waals surface area (Å²) in [6.07, 6.45) is -42.9. The van der Waals surface area contributed by atoms with Gasteiger partial charge in [-0.05, 0) is 43.9 Å². The van der Waals surface area contributed by atoms with Gasteiger partial charge in [-0.2, -0.15) is 0 Å². The van der Waals surface area contributed by atoms with Crippen LogP contribution in [0.5, 0.6) is 0 Å². The quantitative estimate of drug-likeness (QED) is 0.0174. The Morgan fingerprint density at radius 1 is 0.438 bits per heavy atom. The molecule has 6 aliphatic heterocycles. The Morgan fingerprint density at radius 2 is 0.768 bits per heavy atom. The second kappa shape index (κ2) is 37.3. The average molecular weight is 1600 g/mol. The van der Waals surface area contributed by atoms with E-state index in [-0.39, 0.29) is 92.4 Å². The molecule has 3 aromatic rings. The number of hydrogen-bond acceptors (Lipinski definition) is 43. The standard InChI is InChI=1S/C63H109N23O26/c64-9-27-39(89)43(93)33(72)57(101-27)107-49-22(70)7-20(68)37(87)53(49)111-61-47(97)51(109-59-35(74)45(95)41(91)29(11-66)103-59)31(105-61)15-85-13-25(81-83-85)17-4-18(6-19(5-17)56(100)80-24(55(76)99)2-1-3-79-63(77)78)26-14-86(84-82-26)16-32-52(110-60-36(75)46(96)42(92)30(12-67)104-60)48(98)62(106-32)112-54-38(88)21(69)8-23(71)50(54)108-58-34(73)44(94)40(90)28(10-65)102-58/h4-6,13-14,20-24,27-54,57-62,87-98H,1-3,7-12,15-16,64-75H2,(H2,76,99)(H,80,100)(H4,77,78,79)/t20-,21-,22+,23+,24-,27+,28+,29+,30+,31-,32+,33+,34+,35-,36-,37+,38+,39+,40+,41-,42-,43+,44+,45-,46-,47-,48+,49-,50-,51-,52+,53-,54-,57+,58+,59-,60-,61+,62-/m1/s1. The molecule has 2 aliphatic carbocycles. The number of aliphatic hydroxyl groups excluding tert-OH is 12. The highest BCUT2D eigenvalue weighted by molar-refractivity contribution is 5.99. The van der Waals surface area contributed by atoms with E-state index in [4.69, 9.17) is 143 Å². The third-order valence-corrected chi connectivity index (χ3v) is 21.6. The van der Waals surface area contributed by atoms with Crippen LogP contribution in [0, 0.1) is 0 Å². The van der Waals surface area contributed by atoms with Crippen LogP contribution in [0.15, 0.2) is 35.6 Å². The first-order valence-electron chi connectivity index (χ1n) is 36.6. The molecule has 8 aliphatic rings. The molecule has 8 heterocycles. The summed E-state index contributed by atoms with van der Waals surface area (Å²) in [7, 11) is 0. The molecule has 2 aromatic heterocycles. The minimum absolute atomic E-state index is 0.0135. The Balaban J connectivity index is 0.900. The number of carbonyl (C=O) groups excluding carboxylic acids is 2. The summed E-state index contributed by atoms with van der Waals surface area (Å²) in [4.78, 5) is 31.4. The number of nitrogens with one attached hydrogen (secondary N) is 1. The SMILES string of the molecule is NC[C@@H]1O[C@@H](O[C@H]2[C@H](O[C@H]3O[C@@H](Cn4cc(-c5cc(C(=O)N[C@H](CCCN=C(N)N)C(N)=O)cc(-c6cn(C[C@H]7O[C@@H](O[C@@H]8[C@@H](O)[C@H](N)C[C@H](N)[C@H]8O[C@@H]8O[C@@H](CN)[C@H](O)[C@@H](O)[C@@H]8N)[C@H](O)[C@@H]7O[C@H]7O[C@@H](CN)[C@@H](O)[C@H](O)[C@H]7N)nn6)c5)nn4)[C@H](O[C@H]4O[C@@H](CN)[C@@H](O)[C@H](O)[C@H]4N)[C@@H]3O)[C@@H](O)[C@H](N)C[C@@H]2N)[C@@H](N)[C@H](O)[C@H]1O. The van der Waals surface area contributed by atoms with Gasteiger partial charge in [-0.15, -0.1) is 10.2 Å². The van der Waals surface area contributed by atoms with Crippen LogP contribution in [-0.4, -0.2) is 380 Å². The van der Waals surface area contributed by atoms with E-state index >= 15 is 0 Å². The molecule has 0 spiro atoms. The highest BCUT2D eigenvalue weighted by atomic mass is 16.8. The largest absolute Gasteiger partial charge is 0.389 e. The van der Waals surface area contributed by atoms with E-state index in [0.29, 0.717) is 0 Å². The second-order valence-corrected chi connectivity index (χ2v) is 29.5. The molecule has 1 aromatic carbocycles. The molecule has 8 fully saturated rings. The summed E-state index contributed by atoms with van der Waals surface area (Å²) < 4.78 is 76.8. The van der Waals surface area contributed by atoms with Crippen LogP contribution in [-0.2, 0) is 74.7 Å². The minimum Gasteiger partial charge on any atom is -0.389 e. The van der Waals surface area contributed by atoms with Crippen LogP contribution in [0.1, 0.15) is 36.0 Å². The number of aromatic nitrogens is 6. The van der Waals surface area contributed by atoms with E-state index < -0.39 is 264 Å². The zero-order valence-electron chi connectivity index (χ0n) is 60.6. The van der Waals surface area contributed by atoms with Gasteiger partial charge >= 0.3 is 0 Å². The third-order valence-electron chi connectivity index (χ3n) is 21.6. The van der Waals surface area contributed by atoms with E-state index in [1.165, 1.54) is 40.0 Å². The Bertz CT molecular complexity index is 3390. The van der Waals surface area contributed by atoms with Crippen molar-refractivity contribution in [3.63, 3.8) is 0 Å². The lowest BCUT2D eigenvalue weighted by Crippen LogP contribution is -2.68. The van der Waals surface area contributed by atoms with Crippen LogP contribution in [0.4, 0.5) is 0 Å². The first kappa shape index (κ1) is 87.1. The Hall–Kier alpha value is -5.73. The summed E-state index contributed by atoms with van der Waals surface area (Å²) >= 11 is 0. The molecule has 0 unspecified atom stereocenters. The number of nitrogens with zero attached hydrogens (tertiary/aromatic N) is 7. The number of nitrogens with two attached hydrogens (primary N) is 15. The monoisotopic (exact) mass is 1600 g/mol. The van der Waals surface area contributed by atoms with Gasteiger partial charge in [0.05, 0.1) is 61.9 Å². The van der Waals surface area contributed by atoms with E-state index in [2.05, 4.69) is 30.9 Å². The average Bonchev–Trinajstić information content (AvgIpc) is 0.813. The van der Waals surface area contributed by atoms with Crippen molar-refractivity contribution in [2.75, 3.05) is 32.7 Å². The number of benzene rings is 1. The fourth-order valence-corrected chi connectivity index (χ4v) is 15.0. The van der Waals surface area contributed by atoms with Gasteiger partial charge in [-0.25, -0.2) is 9.36 Å². The van der Waals surface area contributed by atoms with Crippen LogP contribution >= 0.6 is 0 Å². The number of primary amides is 1. The van der Waals surface area contributed by atoms with Crippen LogP contribution in [0.25, 0.3) is 22.5 Å². The number of carbonyl (C=O) groups is 2. The van der Waals surface area contributed by atoms with Crippen molar-refractivity contribution in [3.8, 4) is 22.5 Å². The maximum atomic E-state index is 14.6. The van der Waals surface area contributed by atoms with E-state index in [9.17, 15) is 70.9 Å². The smallest absolute Gasteiger partial charge is 0.251 e. The topological polar surface area (TPSA) is 864 Å². The van der Waals surface area contributed by atoms with Crippen molar-refractivity contribution in [3.05, 3.63) is 36.2 Å². The van der Waals surface area contributed by atoms with Crippen molar-refractivity contribution < 1.29 is 128 Å². The number of aliphatic hydroxyl groups is 12. The molecule has 2 saturated carbocycles. The lowest BCUT2D eigenvalue weighted by Gasteiger charge is -2.47. The lowest BCUT2D eigenvalue weighted by atomic mass is 9.84. The van der Waals surface area contributed by atoms with Crippen molar-refractivity contribution in [2.45, 2.75) is 277 Å². The normalized spacial score (nSPS) is 43.6. The molecule has 49 heteroatoms. The van der Waals surface area contributed by atoms with Gasteiger partial charge in [0, 0.05) is 73.6 Å².